The highest BCUT2D eigenvalue weighted by atomic mass is 32.2. The highest BCUT2D eigenvalue weighted by molar-refractivity contribution is 8.00. The summed E-state index contributed by atoms with van der Waals surface area (Å²) >= 11 is 1.36. The van der Waals surface area contributed by atoms with Gasteiger partial charge in [0.05, 0.1) is 23.6 Å². The third-order valence-electron chi connectivity index (χ3n) is 5.32. The summed E-state index contributed by atoms with van der Waals surface area (Å²) in [5.74, 6) is 1.07. The molecule has 1 amide bonds. The molecule has 8 heteroatoms. The van der Waals surface area contributed by atoms with Gasteiger partial charge in [0.2, 0.25) is 5.91 Å². The summed E-state index contributed by atoms with van der Waals surface area (Å²) in [6.45, 7) is 4.63. The van der Waals surface area contributed by atoms with Crippen LogP contribution in [0.5, 0.6) is 0 Å². The van der Waals surface area contributed by atoms with Gasteiger partial charge in [0.15, 0.2) is 11.0 Å². The van der Waals surface area contributed by atoms with Crippen molar-refractivity contribution in [2.45, 2.75) is 37.3 Å². The van der Waals surface area contributed by atoms with Gasteiger partial charge in [-0.05, 0) is 43.2 Å². The molecule has 2 heterocycles. The normalized spacial score (nSPS) is 12.0. The van der Waals surface area contributed by atoms with Crippen LogP contribution < -0.4 is 0 Å². The lowest BCUT2D eigenvalue weighted by Crippen LogP contribution is -2.33. The summed E-state index contributed by atoms with van der Waals surface area (Å²) in [6.07, 6.45) is 1.63. The molecule has 33 heavy (non-hydrogen) atoms. The maximum atomic E-state index is 13.5. The molecule has 0 saturated carbocycles. The van der Waals surface area contributed by atoms with Gasteiger partial charge in [0, 0.05) is 13.6 Å². The molecule has 0 aliphatic heterocycles. The van der Waals surface area contributed by atoms with E-state index in [4.69, 9.17) is 4.42 Å². The maximum Gasteiger partial charge on any atom is 0.235 e. The zero-order valence-corrected chi connectivity index (χ0v) is 19.6. The van der Waals surface area contributed by atoms with Crippen molar-refractivity contribution in [2.75, 3.05) is 7.05 Å². The molecule has 0 N–H and O–H groups in total. The minimum Gasteiger partial charge on any atom is -0.469 e. The zero-order valence-electron chi connectivity index (χ0n) is 18.7. The summed E-state index contributed by atoms with van der Waals surface area (Å²) in [7, 11) is 1.72. The van der Waals surface area contributed by atoms with Crippen molar-refractivity contribution in [1.82, 2.24) is 19.7 Å². The first-order chi connectivity index (χ1) is 15.9. The number of hydrogen-bond acceptors (Lipinski definition) is 5. The molecule has 2 aromatic carbocycles. The summed E-state index contributed by atoms with van der Waals surface area (Å²) in [4.78, 5) is 14.6. The van der Waals surface area contributed by atoms with E-state index >= 15 is 0 Å². The van der Waals surface area contributed by atoms with Crippen LogP contribution in [0.15, 0.2) is 76.5 Å². The second kappa shape index (κ2) is 10.0. The average Bonchev–Trinajstić information content (AvgIpc) is 3.39. The second-order valence-electron chi connectivity index (χ2n) is 7.85. The lowest BCUT2D eigenvalue weighted by molar-refractivity contribution is -0.129. The number of benzene rings is 2. The summed E-state index contributed by atoms with van der Waals surface area (Å²) in [5.41, 5.74) is 2.71. The Balaban J connectivity index is 1.56. The maximum absolute atomic E-state index is 13.5. The minimum atomic E-state index is -0.402. The molecular formula is C25H25FN4O2S. The number of hydrogen-bond donors (Lipinski definition) is 0. The van der Waals surface area contributed by atoms with Crippen molar-refractivity contribution >= 4 is 17.7 Å². The van der Waals surface area contributed by atoms with Crippen LogP contribution in [0.1, 0.15) is 23.8 Å². The van der Waals surface area contributed by atoms with E-state index in [0.29, 0.717) is 24.1 Å². The quantitative estimate of drug-likeness (QED) is 0.337. The number of thioether (sulfide) groups is 1. The number of halogens is 1. The fourth-order valence-corrected chi connectivity index (χ4v) is 4.57. The predicted octanol–water partition coefficient (Wildman–Crippen LogP) is 5.17. The van der Waals surface area contributed by atoms with Crippen molar-refractivity contribution < 1.29 is 13.6 Å². The van der Waals surface area contributed by atoms with E-state index in [1.54, 1.807) is 30.3 Å². The van der Waals surface area contributed by atoms with Crippen molar-refractivity contribution in [3.05, 3.63) is 89.6 Å². The van der Waals surface area contributed by atoms with Gasteiger partial charge in [0.1, 0.15) is 11.6 Å². The Bertz CT molecular complexity index is 1240. The van der Waals surface area contributed by atoms with Gasteiger partial charge >= 0.3 is 0 Å². The zero-order chi connectivity index (χ0) is 23.4. The van der Waals surface area contributed by atoms with Crippen LogP contribution in [-0.4, -0.2) is 37.9 Å². The number of rotatable bonds is 8. The number of carbonyl (C=O) groups excluding carboxylic acids is 1. The first kappa shape index (κ1) is 22.8. The van der Waals surface area contributed by atoms with Crippen LogP contribution in [-0.2, 0) is 17.9 Å². The van der Waals surface area contributed by atoms with Crippen LogP contribution in [0.3, 0.4) is 0 Å². The van der Waals surface area contributed by atoms with Gasteiger partial charge in [-0.15, -0.1) is 10.2 Å². The van der Waals surface area contributed by atoms with Gasteiger partial charge in [-0.3, -0.25) is 9.36 Å². The fraction of sp³-hybridized carbons (Fsp3) is 0.240. The van der Waals surface area contributed by atoms with Crippen LogP contribution in [0.2, 0.25) is 0 Å². The van der Waals surface area contributed by atoms with Crippen LogP contribution in [0.4, 0.5) is 4.39 Å². The lowest BCUT2D eigenvalue weighted by atomic mass is 10.2. The third kappa shape index (κ3) is 5.34. The number of aromatic nitrogens is 3. The van der Waals surface area contributed by atoms with Gasteiger partial charge in [0.25, 0.3) is 0 Å². The van der Waals surface area contributed by atoms with Gasteiger partial charge < -0.3 is 9.32 Å². The predicted molar refractivity (Wildman–Crippen MR) is 126 cm³/mol. The Hall–Kier alpha value is -3.39. The molecule has 170 valence electrons. The van der Waals surface area contributed by atoms with Crippen molar-refractivity contribution in [3.8, 4) is 11.4 Å². The Labute approximate surface area is 196 Å². The molecular weight excluding hydrogens is 439 g/mol. The van der Waals surface area contributed by atoms with E-state index in [9.17, 15) is 9.18 Å². The monoisotopic (exact) mass is 464 g/mol. The van der Waals surface area contributed by atoms with E-state index in [1.165, 1.54) is 23.9 Å². The molecule has 2 aromatic heterocycles. The van der Waals surface area contributed by atoms with Crippen molar-refractivity contribution in [3.63, 3.8) is 0 Å². The number of carbonyl (C=O) groups is 1. The summed E-state index contributed by atoms with van der Waals surface area (Å²) < 4.78 is 21.0. The summed E-state index contributed by atoms with van der Waals surface area (Å²) in [5, 5.41) is 9.06. The SMILES string of the molecule is Cc1occc1-c1nnc(SC(C)C(=O)N(C)Cc2cccc(F)c2)n1Cc1ccccc1. The Morgan fingerprint density at radius 1 is 1.12 bits per heavy atom. The molecule has 0 saturated heterocycles. The van der Waals surface area contributed by atoms with Crippen LogP contribution in [0, 0.1) is 12.7 Å². The Kier molecular flexibility index (Phi) is 6.93. The number of nitrogens with zero attached hydrogens (tertiary/aromatic N) is 4. The minimum absolute atomic E-state index is 0.0698. The highest BCUT2D eigenvalue weighted by Gasteiger charge is 2.24. The first-order valence-corrected chi connectivity index (χ1v) is 11.5. The Morgan fingerprint density at radius 2 is 1.88 bits per heavy atom. The topological polar surface area (TPSA) is 64.2 Å². The largest absolute Gasteiger partial charge is 0.469 e. The van der Waals surface area contributed by atoms with Gasteiger partial charge in [-0.25, -0.2) is 4.39 Å². The molecule has 0 bridgehead atoms. The molecule has 0 aliphatic rings. The molecule has 4 rings (SSSR count). The molecule has 0 aliphatic carbocycles. The van der Waals surface area contributed by atoms with Crippen molar-refractivity contribution in [2.24, 2.45) is 0 Å². The van der Waals surface area contributed by atoms with Crippen LogP contribution >= 0.6 is 11.8 Å². The van der Waals surface area contributed by atoms with Crippen LogP contribution in [0.25, 0.3) is 11.4 Å². The molecule has 1 atom stereocenters. The molecule has 0 radical (unpaired) electrons. The van der Waals surface area contributed by atoms with E-state index in [-0.39, 0.29) is 11.7 Å². The van der Waals surface area contributed by atoms with E-state index < -0.39 is 5.25 Å². The van der Waals surface area contributed by atoms with E-state index in [1.807, 2.05) is 54.8 Å². The highest BCUT2D eigenvalue weighted by Crippen LogP contribution is 2.30. The lowest BCUT2D eigenvalue weighted by Gasteiger charge is -2.21. The molecule has 0 spiro atoms. The number of furan rings is 1. The number of aryl methyl sites for hydroxylation is 1. The molecule has 1 unspecified atom stereocenters. The fourth-order valence-electron chi connectivity index (χ4n) is 3.61. The second-order valence-corrected chi connectivity index (χ2v) is 9.16. The molecule has 6 nitrogen and oxygen atoms in total. The summed E-state index contributed by atoms with van der Waals surface area (Å²) in [6, 6.07) is 18.2. The average molecular weight is 465 g/mol. The number of amides is 1. The smallest absolute Gasteiger partial charge is 0.235 e. The Morgan fingerprint density at radius 3 is 2.58 bits per heavy atom. The standard InChI is InChI=1S/C25H25FN4O2S/c1-17-22(12-13-32-17)23-27-28-25(30(23)16-19-8-5-4-6-9-19)33-18(2)24(31)29(3)15-20-10-7-11-21(26)14-20/h4-14,18H,15-16H2,1-3H3. The van der Waals surface area contributed by atoms with Crippen molar-refractivity contribution in [1.29, 1.82) is 0 Å². The molecule has 4 aromatic rings. The molecule has 0 fully saturated rings. The van der Waals surface area contributed by atoms with E-state index in [0.717, 1.165) is 22.5 Å². The van der Waals surface area contributed by atoms with Gasteiger partial charge in [-0.1, -0.05) is 54.2 Å². The first-order valence-electron chi connectivity index (χ1n) is 10.6. The van der Waals surface area contributed by atoms with E-state index in [2.05, 4.69) is 10.2 Å². The van der Waals surface area contributed by atoms with Gasteiger partial charge in [-0.2, -0.15) is 0 Å². The third-order valence-corrected chi connectivity index (χ3v) is 6.38.